The summed E-state index contributed by atoms with van der Waals surface area (Å²) in [6, 6.07) is 18.9. The third kappa shape index (κ3) is 5.77. The SMILES string of the molecule is CCc1ccc(NC(=O)C(C#N)C(=O)CCSc2ccccc2)cc1. The van der Waals surface area contributed by atoms with E-state index >= 15 is 0 Å². The van der Waals surface area contributed by atoms with Gasteiger partial charge in [-0.15, -0.1) is 11.8 Å². The molecule has 0 saturated heterocycles. The van der Waals surface area contributed by atoms with Crippen molar-refractivity contribution in [3.05, 3.63) is 60.2 Å². The second-order valence-corrected chi connectivity index (χ2v) is 6.65. The van der Waals surface area contributed by atoms with Crippen LogP contribution in [0, 0.1) is 17.2 Å². The number of anilines is 1. The molecule has 0 aliphatic heterocycles. The van der Waals surface area contributed by atoms with Crippen LogP contribution >= 0.6 is 11.8 Å². The molecule has 1 atom stereocenters. The molecule has 128 valence electrons. The average Bonchev–Trinajstić information content (AvgIpc) is 2.64. The molecule has 5 heteroatoms. The second-order valence-electron chi connectivity index (χ2n) is 5.48. The highest BCUT2D eigenvalue weighted by atomic mass is 32.2. The summed E-state index contributed by atoms with van der Waals surface area (Å²) in [5.41, 5.74) is 1.75. The number of rotatable bonds is 8. The number of amides is 1. The van der Waals surface area contributed by atoms with Crippen molar-refractivity contribution < 1.29 is 9.59 Å². The predicted molar refractivity (Wildman–Crippen MR) is 100 cm³/mol. The Morgan fingerprint density at radius 2 is 1.80 bits per heavy atom. The number of hydrogen-bond donors (Lipinski definition) is 1. The van der Waals surface area contributed by atoms with Crippen molar-refractivity contribution in [1.82, 2.24) is 0 Å². The van der Waals surface area contributed by atoms with E-state index in [1.807, 2.05) is 55.5 Å². The summed E-state index contributed by atoms with van der Waals surface area (Å²) in [6.07, 6.45) is 1.09. The molecule has 0 aromatic heterocycles. The molecule has 0 heterocycles. The van der Waals surface area contributed by atoms with E-state index in [0.717, 1.165) is 16.9 Å². The van der Waals surface area contributed by atoms with Crippen molar-refractivity contribution in [3.8, 4) is 6.07 Å². The summed E-state index contributed by atoms with van der Waals surface area (Å²) >= 11 is 1.53. The van der Waals surface area contributed by atoms with Crippen LogP contribution in [0.15, 0.2) is 59.5 Å². The Hall–Kier alpha value is -2.58. The molecule has 0 bridgehead atoms. The summed E-state index contributed by atoms with van der Waals surface area (Å²) < 4.78 is 0. The number of nitriles is 1. The van der Waals surface area contributed by atoms with E-state index in [2.05, 4.69) is 5.32 Å². The molecule has 1 N–H and O–H groups in total. The molecule has 0 spiro atoms. The van der Waals surface area contributed by atoms with Gasteiger partial charge in [-0.3, -0.25) is 9.59 Å². The molecule has 0 radical (unpaired) electrons. The van der Waals surface area contributed by atoms with Gasteiger partial charge in [0.1, 0.15) is 0 Å². The van der Waals surface area contributed by atoms with Crippen LogP contribution in [-0.2, 0) is 16.0 Å². The van der Waals surface area contributed by atoms with Crippen LogP contribution in [0.2, 0.25) is 0 Å². The van der Waals surface area contributed by atoms with Gasteiger partial charge in [-0.2, -0.15) is 5.26 Å². The Morgan fingerprint density at radius 1 is 1.12 bits per heavy atom. The van der Waals surface area contributed by atoms with Crippen LogP contribution in [0.3, 0.4) is 0 Å². The minimum Gasteiger partial charge on any atom is -0.325 e. The molecule has 2 rings (SSSR count). The molecular formula is C20H20N2O2S. The first kappa shape index (κ1) is 18.8. The lowest BCUT2D eigenvalue weighted by atomic mass is 10.0. The number of carbonyl (C=O) groups excluding carboxylic acids is 2. The van der Waals surface area contributed by atoms with Crippen molar-refractivity contribution in [2.24, 2.45) is 5.92 Å². The first-order chi connectivity index (χ1) is 12.1. The van der Waals surface area contributed by atoms with E-state index in [1.54, 1.807) is 12.1 Å². The average molecular weight is 352 g/mol. The highest BCUT2D eigenvalue weighted by molar-refractivity contribution is 7.99. The summed E-state index contributed by atoms with van der Waals surface area (Å²) in [4.78, 5) is 25.5. The first-order valence-electron chi connectivity index (χ1n) is 8.14. The van der Waals surface area contributed by atoms with Gasteiger partial charge < -0.3 is 5.32 Å². The topological polar surface area (TPSA) is 70.0 Å². The Kier molecular flexibility index (Phi) is 7.24. The number of aryl methyl sites for hydroxylation is 1. The maximum atomic E-state index is 12.2. The van der Waals surface area contributed by atoms with Crippen molar-refractivity contribution >= 4 is 29.1 Å². The fourth-order valence-corrected chi connectivity index (χ4v) is 3.13. The van der Waals surface area contributed by atoms with Gasteiger partial charge in [-0.05, 0) is 36.2 Å². The largest absolute Gasteiger partial charge is 0.325 e. The van der Waals surface area contributed by atoms with E-state index in [1.165, 1.54) is 11.8 Å². The minimum atomic E-state index is -1.28. The number of Topliss-reactive ketones (excluding diaryl/α,β-unsaturated/α-hetero) is 1. The Morgan fingerprint density at radius 3 is 2.40 bits per heavy atom. The van der Waals surface area contributed by atoms with Crippen LogP contribution in [-0.4, -0.2) is 17.4 Å². The molecule has 2 aromatic carbocycles. The van der Waals surface area contributed by atoms with Crippen molar-refractivity contribution in [3.63, 3.8) is 0 Å². The predicted octanol–water partition coefficient (Wildman–Crippen LogP) is 4.08. The number of thioether (sulfide) groups is 1. The van der Waals surface area contributed by atoms with E-state index < -0.39 is 11.8 Å². The van der Waals surface area contributed by atoms with Gasteiger partial charge in [0.2, 0.25) is 5.91 Å². The summed E-state index contributed by atoms with van der Waals surface area (Å²) in [5.74, 6) is -1.66. The fourth-order valence-electron chi connectivity index (χ4n) is 2.25. The smallest absolute Gasteiger partial charge is 0.249 e. The van der Waals surface area contributed by atoms with E-state index in [0.29, 0.717) is 11.4 Å². The summed E-state index contributed by atoms with van der Waals surface area (Å²) in [5, 5.41) is 11.8. The number of ketones is 1. The number of hydrogen-bond acceptors (Lipinski definition) is 4. The summed E-state index contributed by atoms with van der Waals surface area (Å²) in [7, 11) is 0. The van der Waals surface area contributed by atoms with Gasteiger partial charge in [-0.1, -0.05) is 37.3 Å². The van der Waals surface area contributed by atoms with E-state index in [4.69, 9.17) is 0 Å². The molecule has 0 saturated carbocycles. The highest BCUT2D eigenvalue weighted by Crippen LogP contribution is 2.19. The monoisotopic (exact) mass is 352 g/mol. The van der Waals surface area contributed by atoms with Gasteiger partial charge in [0.15, 0.2) is 11.7 Å². The molecule has 1 unspecified atom stereocenters. The molecular weight excluding hydrogens is 332 g/mol. The minimum absolute atomic E-state index is 0.181. The lowest BCUT2D eigenvalue weighted by Gasteiger charge is -2.10. The number of benzene rings is 2. The Balaban J connectivity index is 1.87. The molecule has 25 heavy (non-hydrogen) atoms. The maximum absolute atomic E-state index is 12.2. The number of carbonyl (C=O) groups is 2. The van der Waals surface area contributed by atoms with Crippen molar-refractivity contribution in [2.75, 3.05) is 11.1 Å². The summed E-state index contributed by atoms with van der Waals surface area (Å²) in [6.45, 7) is 2.05. The number of nitrogens with one attached hydrogen (secondary N) is 1. The molecule has 2 aromatic rings. The zero-order valence-electron chi connectivity index (χ0n) is 14.1. The maximum Gasteiger partial charge on any atom is 0.249 e. The third-order valence-corrected chi connectivity index (χ3v) is 4.72. The van der Waals surface area contributed by atoms with Crippen molar-refractivity contribution in [2.45, 2.75) is 24.7 Å². The molecule has 1 amide bonds. The Bertz CT molecular complexity index is 752. The lowest BCUT2D eigenvalue weighted by Crippen LogP contribution is -2.28. The van der Waals surface area contributed by atoms with Gasteiger partial charge in [0, 0.05) is 22.8 Å². The molecule has 0 aliphatic carbocycles. The van der Waals surface area contributed by atoms with Crippen LogP contribution in [0.4, 0.5) is 5.69 Å². The molecule has 4 nitrogen and oxygen atoms in total. The van der Waals surface area contributed by atoms with Gasteiger partial charge >= 0.3 is 0 Å². The van der Waals surface area contributed by atoms with Crippen LogP contribution < -0.4 is 5.32 Å². The molecule has 0 aliphatic rings. The standard InChI is InChI=1S/C20H20N2O2S/c1-2-15-8-10-16(11-9-15)22-20(24)18(14-21)19(23)12-13-25-17-6-4-3-5-7-17/h3-11,18H,2,12-13H2,1H3,(H,22,24). The van der Waals surface area contributed by atoms with Gasteiger partial charge in [0.05, 0.1) is 6.07 Å². The van der Waals surface area contributed by atoms with E-state index in [-0.39, 0.29) is 12.2 Å². The van der Waals surface area contributed by atoms with Gasteiger partial charge in [-0.25, -0.2) is 0 Å². The first-order valence-corrected chi connectivity index (χ1v) is 9.12. The van der Waals surface area contributed by atoms with Gasteiger partial charge in [0.25, 0.3) is 0 Å². The van der Waals surface area contributed by atoms with E-state index in [9.17, 15) is 14.9 Å². The van der Waals surface area contributed by atoms with Crippen LogP contribution in [0.1, 0.15) is 18.9 Å². The Labute approximate surface area is 152 Å². The quantitative estimate of drug-likeness (QED) is 0.574. The van der Waals surface area contributed by atoms with Crippen molar-refractivity contribution in [1.29, 1.82) is 5.26 Å². The second kappa shape index (κ2) is 9.65. The van der Waals surface area contributed by atoms with Crippen LogP contribution in [0.25, 0.3) is 0 Å². The number of nitrogens with zero attached hydrogens (tertiary/aromatic N) is 1. The van der Waals surface area contributed by atoms with Crippen LogP contribution in [0.5, 0.6) is 0 Å². The zero-order chi connectivity index (χ0) is 18.1. The zero-order valence-corrected chi connectivity index (χ0v) is 14.9. The normalized spacial score (nSPS) is 11.4. The lowest BCUT2D eigenvalue weighted by molar-refractivity contribution is -0.128. The third-order valence-electron chi connectivity index (χ3n) is 3.70. The molecule has 0 fully saturated rings. The highest BCUT2D eigenvalue weighted by Gasteiger charge is 2.25. The fraction of sp³-hybridized carbons (Fsp3) is 0.250.